The van der Waals surface area contributed by atoms with E-state index < -0.39 is 6.36 Å². The Kier molecular flexibility index (Phi) is 5.14. The number of ether oxygens (including phenoxy) is 1. The van der Waals surface area contributed by atoms with Gasteiger partial charge in [-0.2, -0.15) is 15.0 Å². The summed E-state index contributed by atoms with van der Waals surface area (Å²) in [5, 5.41) is 0.00847. The van der Waals surface area contributed by atoms with Crippen molar-refractivity contribution in [1.82, 2.24) is 15.0 Å². The molecule has 0 amide bonds. The van der Waals surface area contributed by atoms with Gasteiger partial charge in [-0.05, 0) is 24.6 Å². The summed E-state index contributed by atoms with van der Waals surface area (Å²) in [6, 6.07) is 5.71. The van der Waals surface area contributed by atoms with Gasteiger partial charge in [-0.25, -0.2) is 0 Å². The molecule has 1 atom stereocenters. The second-order valence-corrected chi connectivity index (χ2v) is 5.87. The second kappa shape index (κ2) is 6.90. The number of aromatic nitrogens is 3. The van der Waals surface area contributed by atoms with Gasteiger partial charge >= 0.3 is 6.36 Å². The summed E-state index contributed by atoms with van der Waals surface area (Å²) in [7, 11) is 0. The van der Waals surface area contributed by atoms with Crippen LogP contribution in [0.5, 0.6) is 5.75 Å². The molecule has 2 rings (SSSR count). The number of rotatable bonds is 5. The van der Waals surface area contributed by atoms with Crippen molar-refractivity contribution < 1.29 is 17.9 Å². The lowest BCUT2D eigenvalue weighted by atomic mass is 10.2. The molecule has 0 radical (unpaired) electrons. The summed E-state index contributed by atoms with van der Waals surface area (Å²) < 4.78 is 40.2. The van der Waals surface area contributed by atoms with Crippen molar-refractivity contribution in [2.24, 2.45) is 0 Å². The molecule has 10 heteroatoms. The van der Waals surface area contributed by atoms with Gasteiger partial charge in [0.2, 0.25) is 11.9 Å². The predicted octanol–water partition coefficient (Wildman–Crippen LogP) is 2.93. The average molecular weight is 345 g/mol. The van der Waals surface area contributed by atoms with Gasteiger partial charge in [0.05, 0.1) is 5.75 Å². The first kappa shape index (κ1) is 17.1. The molecule has 124 valence electrons. The number of nitrogens with zero attached hydrogens (tertiary/aromatic N) is 3. The Hall–Kier alpha value is -2.23. The van der Waals surface area contributed by atoms with Crippen LogP contribution in [0, 0.1) is 0 Å². The van der Waals surface area contributed by atoms with Crippen LogP contribution in [0.3, 0.4) is 0 Å². The number of halogens is 3. The number of nitrogen functional groups attached to an aromatic ring is 2. The highest BCUT2D eigenvalue weighted by Crippen LogP contribution is 2.32. The minimum absolute atomic E-state index is 0.00847. The smallest absolute Gasteiger partial charge is 0.406 e. The molecular weight excluding hydrogens is 331 g/mol. The fourth-order valence-electron chi connectivity index (χ4n) is 1.76. The van der Waals surface area contributed by atoms with Gasteiger partial charge in [0.1, 0.15) is 11.6 Å². The van der Waals surface area contributed by atoms with Crippen LogP contribution in [0.15, 0.2) is 24.3 Å². The van der Waals surface area contributed by atoms with Gasteiger partial charge in [-0.15, -0.1) is 24.9 Å². The molecule has 2 aromatic rings. The summed E-state index contributed by atoms with van der Waals surface area (Å²) in [6.45, 7) is 1.91. The summed E-state index contributed by atoms with van der Waals surface area (Å²) in [4.78, 5) is 11.6. The van der Waals surface area contributed by atoms with Crippen molar-refractivity contribution in [3.63, 3.8) is 0 Å². The van der Waals surface area contributed by atoms with E-state index in [1.54, 1.807) is 12.1 Å². The standard InChI is InChI=1S/C13H14F3N5OS/c1-7(23-6-10-19-11(17)21-12(18)20-10)8-2-4-9(5-3-8)22-13(14,15)16/h2-5,7H,6H2,1H3,(H4,17,18,19,20,21). The van der Waals surface area contributed by atoms with Crippen LogP contribution < -0.4 is 16.2 Å². The zero-order valence-corrected chi connectivity index (χ0v) is 12.9. The van der Waals surface area contributed by atoms with Crippen LogP contribution in [0.4, 0.5) is 25.1 Å². The van der Waals surface area contributed by atoms with E-state index in [9.17, 15) is 13.2 Å². The zero-order valence-electron chi connectivity index (χ0n) is 12.0. The third-order valence-electron chi connectivity index (χ3n) is 2.76. The van der Waals surface area contributed by atoms with Crippen LogP contribution in [0.1, 0.15) is 23.6 Å². The van der Waals surface area contributed by atoms with Crippen LogP contribution in [-0.2, 0) is 5.75 Å². The molecule has 0 fully saturated rings. The van der Waals surface area contributed by atoms with E-state index in [0.29, 0.717) is 11.6 Å². The Morgan fingerprint density at radius 3 is 2.17 bits per heavy atom. The summed E-state index contributed by atoms with van der Waals surface area (Å²) >= 11 is 1.49. The first-order chi connectivity index (χ1) is 10.7. The summed E-state index contributed by atoms with van der Waals surface area (Å²) in [6.07, 6.45) is -4.69. The number of anilines is 2. The fourth-order valence-corrected chi connectivity index (χ4v) is 2.64. The lowest BCUT2D eigenvalue weighted by Crippen LogP contribution is -2.17. The topological polar surface area (TPSA) is 99.9 Å². The number of nitrogens with two attached hydrogens (primary N) is 2. The monoisotopic (exact) mass is 345 g/mol. The highest BCUT2D eigenvalue weighted by Gasteiger charge is 2.31. The van der Waals surface area contributed by atoms with Gasteiger partial charge in [-0.1, -0.05) is 12.1 Å². The quantitative estimate of drug-likeness (QED) is 0.859. The molecule has 4 N–H and O–H groups in total. The Bertz CT molecular complexity index is 645. The van der Waals surface area contributed by atoms with E-state index in [-0.39, 0.29) is 22.9 Å². The van der Waals surface area contributed by atoms with E-state index in [1.165, 1.54) is 23.9 Å². The van der Waals surface area contributed by atoms with Crippen LogP contribution in [0.25, 0.3) is 0 Å². The van der Waals surface area contributed by atoms with Crippen molar-refractivity contribution in [2.75, 3.05) is 11.5 Å². The maximum absolute atomic E-state index is 12.1. The van der Waals surface area contributed by atoms with Gasteiger partial charge in [0.15, 0.2) is 0 Å². The molecule has 0 spiro atoms. The van der Waals surface area contributed by atoms with Gasteiger partial charge in [-0.3, -0.25) is 0 Å². The van der Waals surface area contributed by atoms with Crippen LogP contribution >= 0.6 is 11.8 Å². The maximum atomic E-state index is 12.1. The molecule has 0 saturated carbocycles. The normalized spacial score (nSPS) is 12.9. The lowest BCUT2D eigenvalue weighted by molar-refractivity contribution is -0.274. The Labute approximate surface area is 134 Å². The molecule has 0 aliphatic rings. The van der Waals surface area contributed by atoms with E-state index in [1.807, 2.05) is 6.92 Å². The number of hydrogen-bond donors (Lipinski definition) is 2. The summed E-state index contributed by atoms with van der Waals surface area (Å²) in [5.41, 5.74) is 11.8. The molecule has 6 nitrogen and oxygen atoms in total. The van der Waals surface area contributed by atoms with Crippen molar-refractivity contribution >= 4 is 23.7 Å². The SMILES string of the molecule is CC(SCc1nc(N)nc(N)n1)c1ccc(OC(F)(F)F)cc1. The first-order valence-electron chi connectivity index (χ1n) is 6.46. The molecule has 1 aromatic carbocycles. The van der Waals surface area contributed by atoms with Crippen molar-refractivity contribution in [3.8, 4) is 5.75 Å². The van der Waals surface area contributed by atoms with E-state index in [2.05, 4.69) is 19.7 Å². The molecular formula is C13H14F3N5OS. The number of hydrogen-bond acceptors (Lipinski definition) is 7. The Balaban J connectivity index is 1.96. The number of benzene rings is 1. The number of thioether (sulfide) groups is 1. The molecule has 1 heterocycles. The van der Waals surface area contributed by atoms with Gasteiger partial charge < -0.3 is 16.2 Å². The largest absolute Gasteiger partial charge is 0.573 e. The third kappa shape index (κ3) is 5.47. The van der Waals surface area contributed by atoms with E-state index in [4.69, 9.17) is 11.5 Å². The second-order valence-electron chi connectivity index (χ2n) is 4.54. The minimum Gasteiger partial charge on any atom is -0.406 e. The highest BCUT2D eigenvalue weighted by atomic mass is 32.2. The van der Waals surface area contributed by atoms with E-state index >= 15 is 0 Å². The minimum atomic E-state index is -4.69. The van der Waals surface area contributed by atoms with Gasteiger partial charge in [0, 0.05) is 5.25 Å². The third-order valence-corrected chi connectivity index (χ3v) is 3.96. The van der Waals surface area contributed by atoms with Crippen LogP contribution in [-0.4, -0.2) is 21.3 Å². The molecule has 0 aliphatic heterocycles. The molecule has 23 heavy (non-hydrogen) atoms. The molecule has 1 aromatic heterocycles. The van der Waals surface area contributed by atoms with Crippen molar-refractivity contribution in [2.45, 2.75) is 24.3 Å². The molecule has 0 aliphatic carbocycles. The maximum Gasteiger partial charge on any atom is 0.573 e. The van der Waals surface area contributed by atoms with Gasteiger partial charge in [0.25, 0.3) is 0 Å². The predicted molar refractivity (Wildman–Crippen MR) is 81.5 cm³/mol. The summed E-state index contributed by atoms with van der Waals surface area (Å²) in [5.74, 6) is 0.739. The Morgan fingerprint density at radius 1 is 1.09 bits per heavy atom. The van der Waals surface area contributed by atoms with Crippen LogP contribution in [0.2, 0.25) is 0 Å². The molecule has 0 bridgehead atoms. The fraction of sp³-hybridized carbons (Fsp3) is 0.308. The zero-order chi connectivity index (χ0) is 17.0. The first-order valence-corrected chi connectivity index (χ1v) is 7.51. The van der Waals surface area contributed by atoms with Crippen molar-refractivity contribution in [3.05, 3.63) is 35.7 Å². The molecule has 0 saturated heterocycles. The lowest BCUT2D eigenvalue weighted by Gasteiger charge is -2.13. The Morgan fingerprint density at radius 2 is 1.65 bits per heavy atom. The van der Waals surface area contributed by atoms with E-state index in [0.717, 1.165) is 5.56 Å². The number of alkyl halides is 3. The molecule has 1 unspecified atom stereocenters. The average Bonchev–Trinajstić information content (AvgIpc) is 2.43. The highest BCUT2D eigenvalue weighted by molar-refractivity contribution is 7.98. The van der Waals surface area contributed by atoms with Crippen molar-refractivity contribution in [1.29, 1.82) is 0 Å².